The maximum absolute atomic E-state index is 12.5. The second-order valence-corrected chi connectivity index (χ2v) is 16.9. The standard InChI is InChI=1S/C34H56O5/c1-20(35)38-23-18-33(9)25(31(7)17-14-22(27(23)31)30(5,6)37)12-13-26-32(8)16-11-15-29(3,4)28(32)24(39-21(2)36)19-34(26,33)10/h22-28,37H,11-19H2,1-10H3/t22-,23-,24-,25+,26+,27+,28+,31+,32+,33+,34+/m0/s1. The van der Waals surface area contributed by atoms with Gasteiger partial charge in [0.05, 0.1) is 5.60 Å². The van der Waals surface area contributed by atoms with Crippen molar-refractivity contribution in [1.29, 1.82) is 0 Å². The largest absolute Gasteiger partial charge is 0.462 e. The molecular weight excluding hydrogens is 488 g/mol. The lowest BCUT2D eigenvalue weighted by Crippen LogP contribution is -2.70. The van der Waals surface area contributed by atoms with Crippen LogP contribution in [0.15, 0.2) is 0 Å². The Bertz CT molecular complexity index is 1010. The Morgan fingerprint density at radius 2 is 1.26 bits per heavy atom. The van der Waals surface area contributed by atoms with Crippen LogP contribution in [-0.2, 0) is 19.1 Å². The molecule has 0 saturated heterocycles. The smallest absolute Gasteiger partial charge is 0.302 e. The van der Waals surface area contributed by atoms with Gasteiger partial charge in [-0.05, 0) is 110 Å². The van der Waals surface area contributed by atoms with Gasteiger partial charge in [0, 0.05) is 25.7 Å². The number of esters is 2. The molecule has 1 N–H and O–H groups in total. The predicted octanol–water partition coefficient (Wildman–Crippen LogP) is 7.33. The van der Waals surface area contributed by atoms with E-state index in [0.717, 1.165) is 25.7 Å². The molecule has 0 aromatic carbocycles. The van der Waals surface area contributed by atoms with Gasteiger partial charge in [0.2, 0.25) is 0 Å². The molecule has 5 aliphatic rings. The number of carbonyl (C=O) groups excluding carboxylic acids is 2. The van der Waals surface area contributed by atoms with E-state index in [-0.39, 0.29) is 63.1 Å². The van der Waals surface area contributed by atoms with E-state index >= 15 is 0 Å². The molecule has 0 aromatic heterocycles. The molecule has 5 fully saturated rings. The summed E-state index contributed by atoms with van der Waals surface area (Å²) in [7, 11) is 0. The topological polar surface area (TPSA) is 72.8 Å². The van der Waals surface area contributed by atoms with Crippen LogP contribution in [0.2, 0.25) is 0 Å². The van der Waals surface area contributed by atoms with Gasteiger partial charge in [-0.1, -0.05) is 48.0 Å². The zero-order valence-electron chi connectivity index (χ0n) is 26.5. The van der Waals surface area contributed by atoms with Crippen molar-refractivity contribution in [1.82, 2.24) is 0 Å². The summed E-state index contributed by atoms with van der Waals surface area (Å²) in [6.45, 7) is 21.8. The van der Waals surface area contributed by atoms with Crippen molar-refractivity contribution in [3.63, 3.8) is 0 Å². The van der Waals surface area contributed by atoms with Crippen LogP contribution in [-0.4, -0.2) is 34.9 Å². The van der Waals surface area contributed by atoms with Gasteiger partial charge in [-0.3, -0.25) is 9.59 Å². The number of aliphatic hydroxyl groups is 1. The molecule has 0 bridgehead atoms. The van der Waals surface area contributed by atoms with Gasteiger partial charge in [-0.2, -0.15) is 0 Å². The summed E-state index contributed by atoms with van der Waals surface area (Å²) in [5, 5.41) is 11.3. The monoisotopic (exact) mass is 544 g/mol. The number of carbonyl (C=O) groups is 2. The Balaban J connectivity index is 1.64. The van der Waals surface area contributed by atoms with E-state index in [1.54, 1.807) is 6.92 Å². The van der Waals surface area contributed by atoms with E-state index in [0.29, 0.717) is 17.8 Å². The average molecular weight is 545 g/mol. The van der Waals surface area contributed by atoms with Gasteiger partial charge in [-0.25, -0.2) is 0 Å². The Hall–Kier alpha value is -1.10. The summed E-state index contributed by atoms with van der Waals surface area (Å²) < 4.78 is 12.6. The number of hydrogen-bond acceptors (Lipinski definition) is 5. The zero-order chi connectivity index (χ0) is 29.0. The quantitative estimate of drug-likeness (QED) is 0.377. The van der Waals surface area contributed by atoms with Crippen LogP contribution in [0.3, 0.4) is 0 Å². The van der Waals surface area contributed by atoms with E-state index in [2.05, 4.69) is 41.5 Å². The first kappa shape index (κ1) is 29.4. The van der Waals surface area contributed by atoms with Crippen molar-refractivity contribution in [2.75, 3.05) is 0 Å². The minimum absolute atomic E-state index is 0.00766. The van der Waals surface area contributed by atoms with Crippen molar-refractivity contribution >= 4 is 11.9 Å². The van der Waals surface area contributed by atoms with Gasteiger partial charge < -0.3 is 14.6 Å². The molecule has 5 saturated carbocycles. The molecule has 222 valence electrons. The lowest BCUT2D eigenvalue weighted by atomic mass is 9.31. The highest BCUT2D eigenvalue weighted by atomic mass is 16.5. The molecule has 5 rings (SSSR count). The van der Waals surface area contributed by atoms with Gasteiger partial charge in [-0.15, -0.1) is 0 Å². The zero-order valence-corrected chi connectivity index (χ0v) is 26.5. The number of fused-ring (bicyclic) bond motifs is 7. The molecule has 0 unspecified atom stereocenters. The number of ether oxygens (including phenoxy) is 2. The molecule has 5 nitrogen and oxygen atoms in total. The normalized spacial score (nSPS) is 50.6. The minimum atomic E-state index is -0.810. The molecular formula is C34H56O5. The van der Waals surface area contributed by atoms with Crippen molar-refractivity contribution in [3.8, 4) is 0 Å². The average Bonchev–Trinajstić information content (AvgIpc) is 3.11. The molecule has 0 aromatic rings. The molecule has 0 aliphatic heterocycles. The molecule has 0 heterocycles. The highest BCUT2D eigenvalue weighted by Gasteiger charge is 2.74. The third kappa shape index (κ3) is 4.08. The SMILES string of the molecule is CC(=O)O[C@H]1C[C@]2(C)[C@H](CC[C@@H]3[C@@]4(C)CCCC(C)(C)[C@H]4[C@@H](OC(C)=O)C[C@]32C)[C@@]2(C)CC[C@H](C(C)(C)O)[C@H]12. The lowest BCUT2D eigenvalue weighted by molar-refractivity contribution is -0.284. The van der Waals surface area contributed by atoms with Crippen LogP contribution < -0.4 is 0 Å². The number of rotatable bonds is 3. The predicted molar refractivity (Wildman–Crippen MR) is 153 cm³/mol. The molecule has 0 radical (unpaired) electrons. The van der Waals surface area contributed by atoms with Crippen LogP contribution in [0.4, 0.5) is 0 Å². The van der Waals surface area contributed by atoms with E-state index in [1.165, 1.54) is 39.0 Å². The van der Waals surface area contributed by atoms with E-state index in [1.807, 2.05) is 13.8 Å². The van der Waals surface area contributed by atoms with Crippen LogP contribution in [0.25, 0.3) is 0 Å². The highest BCUT2D eigenvalue weighted by Crippen LogP contribution is 2.78. The van der Waals surface area contributed by atoms with Crippen molar-refractivity contribution in [2.45, 2.75) is 145 Å². The molecule has 5 heteroatoms. The van der Waals surface area contributed by atoms with Crippen LogP contribution in [0, 0.1) is 56.7 Å². The van der Waals surface area contributed by atoms with Crippen LogP contribution in [0.1, 0.15) is 127 Å². The Morgan fingerprint density at radius 1 is 0.744 bits per heavy atom. The lowest BCUT2D eigenvalue weighted by Gasteiger charge is -2.74. The fourth-order valence-corrected chi connectivity index (χ4v) is 13.0. The van der Waals surface area contributed by atoms with Gasteiger partial charge >= 0.3 is 11.9 Å². The summed E-state index contributed by atoms with van der Waals surface area (Å²) in [5.41, 5.74) is -0.705. The summed E-state index contributed by atoms with van der Waals surface area (Å²) in [4.78, 5) is 25.1. The molecule has 11 atom stereocenters. The highest BCUT2D eigenvalue weighted by molar-refractivity contribution is 5.66. The maximum Gasteiger partial charge on any atom is 0.302 e. The second-order valence-electron chi connectivity index (χ2n) is 16.9. The Labute approximate surface area is 237 Å². The van der Waals surface area contributed by atoms with E-state index in [4.69, 9.17) is 9.47 Å². The first-order valence-electron chi connectivity index (χ1n) is 15.9. The van der Waals surface area contributed by atoms with Crippen molar-refractivity contribution < 1.29 is 24.2 Å². The van der Waals surface area contributed by atoms with Gasteiger partial charge in [0.25, 0.3) is 0 Å². The van der Waals surface area contributed by atoms with Gasteiger partial charge in [0.15, 0.2) is 0 Å². The second kappa shape index (κ2) is 8.95. The first-order valence-corrected chi connectivity index (χ1v) is 15.9. The fraction of sp³-hybridized carbons (Fsp3) is 0.941. The molecule has 5 aliphatic carbocycles. The Kier molecular flexibility index (Phi) is 6.74. The number of hydrogen-bond donors (Lipinski definition) is 1. The molecule has 39 heavy (non-hydrogen) atoms. The van der Waals surface area contributed by atoms with Crippen molar-refractivity contribution in [2.24, 2.45) is 56.7 Å². The van der Waals surface area contributed by atoms with E-state index < -0.39 is 5.60 Å². The Morgan fingerprint density at radius 3 is 1.79 bits per heavy atom. The summed E-state index contributed by atoms with van der Waals surface area (Å²) in [6.07, 6.45) is 9.44. The summed E-state index contributed by atoms with van der Waals surface area (Å²) in [5.74, 6) is 1.25. The van der Waals surface area contributed by atoms with Gasteiger partial charge in [0.1, 0.15) is 12.2 Å². The first-order chi connectivity index (χ1) is 17.8. The fourth-order valence-electron chi connectivity index (χ4n) is 13.0. The van der Waals surface area contributed by atoms with Crippen LogP contribution >= 0.6 is 0 Å². The summed E-state index contributed by atoms with van der Waals surface area (Å²) in [6, 6.07) is 0. The summed E-state index contributed by atoms with van der Waals surface area (Å²) >= 11 is 0. The van der Waals surface area contributed by atoms with E-state index in [9.17, 15) is 14.7 Å². The minimum Gasteiger partial charge on any atom is -0.462 e. The molecule has 0 spiro atoms. The molecule has 0 amide bonds. The maximum atomic E-state index is 12.5. The third-order valence-electron chi connectivity index (χ3n) is 14.0. The third-order valence-corrected chi connectivity index (χ3v) is 14.0. The van der Waals surface area contributed by atoms with Crippen LogP contribution in [0.5, 0.6) is 0 Å². The van der Waals surface area contributed by atoms with Crippen molar-refractivity contribution in [3.05, 3.63) is 0 Å².